The van der Waals surface area contributed by atoms with Crippen molar-refractivity contribution in [2.24, 2.45) is 5.73 Å². The van der Waals surface area contributed by atoms with Gasteiger partial charge in [-0.3, -0.25) is 4.79 Å². The number of benzene rings is 1. The zero-order chi connectivity index (χ0) is 19.1. The van der Waals surface area contributed by atoms with Gasteiger partial charge in [-0.05, 0) is 43.0 Å². The van der Waals surface area contributed by atoms with E-state index in [-0.39, 0.29) is 4.87 Å². The average molecular weight is 413 g/mol. The van der Waals surface area contributed by atoms with E-state index in [0.29, 0.717) is 12.6 Å². The molecule has 1 aliphatic carbocycles. The van der Waals surface area contributed by atoms with Gasteiger partial charge in [0.25, 0.3) is 0 Å². The van der Waals surface area contributed by atoms with Crippen LogP contribution in [0.2, 0.25) is 0 Å². The summed E-state index contributed by atoms with van der Waals surface area (Å²) in [6.45, 7) is 1.51. The molecule has 0 fully saturated rings. The molecule has 5 N–H and O–H groups in total. The first-order valence-electron chi connectivity index (χ1n) is 9.30. The Bertz CT molecular complexity index is 1210. The SMILES string of the molecule is NCCNC1CCc2c(sc3ncnc(Nc4ccc5[nH]c(=O)sc5c4)c23)C1. The second kappa shape index (κ2) is 7.25. The Kier molecular flexibility index (Phi) is 4.59. The Hall–Kier alpha value is -2.33. The van der Waals surface area contributed by atoms with Crippen molar-refractivity contribution in [3.8, 4) is 0 Å². The van der Waals surface area contributed by atoms with Crippen LogP contribution in [0.5, 0.6) is 0 Å². The van der Waals surface area contributed by atoms with E-state index in [4.69, 9.17) is 5.73 Å². The van der Waals surface area contributed by atoms with Gasteiger partial charge in [0.15, 0.2) is 0 Å². The number of nitrogens with two attached hydrogens (primary N) is 1. The van der Waals surface area contributed by atoms with Crippen molar-refractivity contribution < 1.29 is 0 Å². The summed E-state index contributed by atoms with van der Waals surface area (Å²) in [4.78, 5) is 25.8. The molecular formula is C19H20N6OS2. The molecule has 0 aliphatic heterocycles. The highest BCUT2D eigenvalue weighted by molar-refractivity contribution is 7.19. The van der Waals surface area contributed by atoms with Crippen LogP contribution in [0.15, 0.2) is 29.3 Å². The number of thiophene rings is 1. The predicted octanol–water partition coefficient (Wildman–Crippen LogP) is 2.74. The van der Waals surface area contributed by atoms with E-state index in [0.717, 1.165) is 57.7 Å². The maximum absolute atomic E-state index is 11.6. The molecule has 0 amide bonds. The normalized spacial score (nSPS) is 16.5. The number of aromatic amines is 1. The fraction of sp³-hybridized carbons (Fsp3) is 0.316. The van der Waals surface area contributed by atoms with E-state index < -0.39 is 0 Å². The van der Waals surface area contributed by atoms with Crippen LogP contribution in [-0.2, 0) is 12.8 Å². The van der Waals surface area contributed by atoms with Gasteiger partial charge in [-0.2, -0.15) is 0 Å². The molecule has 0 bridgehead atoms. The van der Waals surface area contributed by atoms with Crippen LogP contribution in [0.25, 0.3) is 20.4 Å². The second-order valence-corrected chi connectivity index (χ2v) is 9.04. The van der Waals surface area contributed by atoms with Crippen LogP contribution in [0.1, 0.15) is 16.9 Å². The van der Waals surface area contributed by atoms with Gasteiger partial charge in [-0.1, -0.05) is 11.3 Å². The molecule has 9 heteroatoms. The first-order chi connectivity index (χ1) is 13.7. The maximum atomic E-state index is 11.6. The van der Waals surface area contributed by atoms with Gasteiger partial charge in [0.1, 0.15) is 17.0 Å². The molecule has 5 rings (SSSR count). The fourth-order valence-electron chi connectivity index (χ4n) is 3.83. The third-order valence-corrected chi connectivity index (χ3v) is 7.11. The second-order valence-electron chi connectivity index (χ2n) is 6.94. The first-order valence-corrected chi connectivity index (χ1v) is 10.9. The number of nitrogens with zero attached hydrogens (tertiary/aromatic N) is 2. The highest BCUT2D eigenvalue weighted by Crippen LogP contribution is 2.39. The molecule has 28 heavy (non-hydrogen) atoms. The molecule has 4 aromatic rings. The molecule has 1 unspecified atom stereocenters. The lowest BCUT2D eigenvalue weighted by Crippen LogP contribution is -2.37. The van der Waals surface area contributed by atoms with Crippen molar-refractivity contribution in [1.82, 2.24) is 20.3 Å². The highest BCUT2D eigenvalue weighted by atomic mass is 32.1. The molecule has 0 saturated carbocycles. The van der Waals surface area contributed by atoms with Crippen LogP contribution < -0.4 is 21.2 Å². The molecule has 1 atom stereocenters. The van der Waals surface area contributed by atoms with Crippen molar-refractivity contribution in [2.45, 2.75) is 25.3 Å². The molecule has 3 aromatic heterocycles. The van der Waals surface area contributed by atoms with Gasteiger partial charge >= 0.3 is 4.87 Å². The Morgan fingerprint density at radius 2 is 2.21 bits per heavy atom. The minimum Gasteiger partial charge on any atom is -0.340 e. The van der Waals surface area contributed by atoms with Gasteiger partial charge in [-0.25, -0.2) is 9.97 Å². The Labute approximate surface area is 169 Å². The lowest BCUT2D eigenvalue weighted by Gasteiger charge is -2.23. The van der Waals surface area contributed by atoms with Crippen LogP contribution in [-0.4, -0.2) is 34.1 Å². The smallest absolute Gasteiger partial charge is 0.305 e. The molecule has 3 heterocycles. The summed E-state index contributed by atoms with van der Waals surface area (Å²) in [6.07, 6.45) is 4.73. The average Bonchev–Trinajstić information content (AvgIpc) is 3.25. The van der Waals surface area contributed by atoms with Crippen molar-refractivity contribution in [3.05, 3.63) is 44.6 Å². The zero-order valence-corrected chi connectivity index (χ0v) is 16.8. The number of aryl methyl sites for hydroxylation is 1. The number of rotatable bonds is 5. The Balaban J connectivity index is 1.49. The van der Waals surface area contributed by atoms with E-state index in [9.17, 15) is 4.79 Å². The van der Waals surface area contributed by atoms with E-state index >= 15 is 0 Å². The maximum Gasteiger partial charge on any atom is 0.305 e. The first kappa shape index (κ1) is 17.7. The van der Waals surface area contributed by atoms with Crippen LogP contribution in [0.4, 0.5) is 11.5 Å². The van der Waals surface area contributed by atoms with Crippen molar-refractivity contribution in [1.29, 1.82) is 0 Å². The topological polar surface area (TPSA) is 109 Å². The van der Waals surface area contributed by atoms with E-state index in [1.165, 1.54) is 21.8 Å². The number of thiazole rings is 1. The summed E-state index contributed by atoms with van der Waals surface area (Å²) in [5, 5.41) is 8.10. The van der Waals surface area contributed by atoms with Crippen LogP contribution in [0, 0.1) is 0 Å². The number of hydrogen-bond acceptors (Lipinski definition) is 8. The monoisotopic (exact) mass is 412 g/mol. The molecule has 144 valence electrons. The molecule has 0 saturated heterocycles. The van der Waals surface area contributed by atoms with E-state index in [1.54, 1.807) is 17.7 Å². The summed E-state index contributed by atoms with van der Waals surface area (Å²) in [5.41, 5.74) is 8.76. The minimum absolute atomic E-state index is 0.0405. The largest absolute Gasteiger partial charge is 0.340 e. The summed E-state index contributed by atoms with van der Waals surface area (Å²) >= 11 is 2.97. The summed E-state index contributed by atoms with van der Waals surface area (Å²) in [5.74, 6) is 0.832. The van der Waals surface area contributed by atoms with Crippen LogP contribution in [0.3, 0.4) is 0 Å². The van der Waals surface area contributed by atoms with Gasteiger partial charge in [0, 0.05) is 29.7 Å². The summed E-state index contributed by atoms with van der Waals surface area (Å²) < 4.78 is 0.932. The highest BCUT2D eigenvalue weighted by Gasteiger charge is 2.24. The third-order valence-electron chi connectivity index (χ3n) is 5.11. The van der Waals surface area contributed by atoms with Crippen molar-refractivity contribution >= 4 is 54.6 Å². The number of nitrogens with one attached hydrogen (secondary N) is 3. The Morgan fingerprint density at radius 1 is 1.29 bits per heavy atom. The fourth-order valence-corrected chi connectivity index (χ4v) is 5.87. The van der Waals surface area contributed by atoms with Gasteiger partial charge in [0.2, 0.25) is 0 Å². The number of fused-ring (bicyclic) bond motifs is 4. The molecule has 7 nitrogen and oxygen atoms in total. The molecule has 0 spiro atoms. The quantitative estimate of drug-likeness (QED) is 0.401. The zero-order valence-electron chi connectivity index (χ0n) is 15.1. The van der Waals surface area contributed by atoms with Crippen LogP contribution >= 0.6 is 22.7 Å². The predicted molar refractivity (Wildman–Crippen MR) is 116 cm³/mol. The lowest BCUT2D eigenvalue weighted by atomic mass is 9.93. The number of aromatic nitrogens is 3. The summed E-state index contributed by atoms with van der Waals surface area (Å²) in [7, 11) is 0. The van der Waals surface area contributed by atoms with E-state index in [2.05, 4.69) is 25.6 Å². The van der Waals surface area contributed by atoms with Gasteiger partial charge in [-0.15, -0.1) is 11.3 Å². The standard InChI is InChI=1S/C19H20N6OS2/c20-5-6-21-10-1-3-12-14(7-10)27-18-16(12)17(22-9-23-18)24-11-2-4-13-15(8-11)28-19(26)25-13/h2,4,8-10,21H,1,3,5-7,20H2,(H,25,26)(H,22,23,24). The van der Waals surface area contributed by atoms with Crippen molar-refractivity contribution in [3.63, 3.8) is 0 Å². The van der Waals surface area contributed by atoms with Crippen molar-refractivity contribution in [2.75, 3.05) is 18.4 Å². The minimum atomic E-state index is -0.0405. The molecular weight excluding hydrogens is 392 g/mol. The molecule has 1 aliphatic rings. The van der Waals surface area contributed by atoms with Gasteiger partial charge < -0.3 is 21.4 Å². The van der Waals surface area contributed by atoms with E-state index in [1.807, 2.05) is 18.2 Å². The third kappa shape index (κ3) is 3.20. The summed E-state index contributed by atoms with van der Waals surface area (Å²) in [6, 6.07) is 6.35. The Morgan fingerprint density at radius 3 is 3.11 bits per heavy atom. The number of anilines is 2. The molecule has 0 radical (unpaired) electrons. The molecule has 1 aromatic carbocycles. The van der Waals surface area contributed by atoms with Gasteiger partial charge in [0.05, 0.1) is 15.6 Å². The lowest BCUT2D eigenvalue weighted by molar-refractivity contribution is 0.469. The number of hydrogen-bond donors (Lipinski definition) is 4. The number of H-pyrrole nitrogens is 1.